The third-order valence-electron chi connectivity index (χ3n) is 4.10. The quantitative estimate of drug-likeness (QED) is 0.846. The molecule has 0 unspecified atom stereocenters. The van der Waals surface area contributed by atoms with Crippen molar-refractivity contribution in [1.82, 2.24) is 14.9 Å². The molecule has 2 aromatic rings. The first kappa shape index (κ1) is 18.0. The highest BCUT2D eigenvalue weighted by atomic mass is 16.5. The fourth-order valence-corrected chi connectivity index (χ4v) is 2.90. The first-order valence-corrected chi connectivity index (χ1v) is 8.57. The van der Waals surface area contributed by atoms with Crippen LogP contribution < -0.4 is 20.3 Å². The SMILES string of the molecule is Cc1cc(=O)n(CCNC(=O)COc2cccc3c2OC(C)(C)C3)cn1. The van der Waals surface area contributed by atoms with Crippen molar-refractivity contribution in [2.45, 2.75) is 39.3 Å². The van der Waals surface area contributed by atoms with Gasteiger partial charge in [0, 0.05) is 36.8 Å². The zero-order chi connectivity index (χ0) is 18.7. The van der Waals surface area contributed by atoms with Gasteiger partial charge in [0.25, 0.3) is 11.5 Å². The molecule has 0 atom stereocenters. The number of fused-ring (bicyclic) bond motifs is 1. The Morgan fingerprint density at radius 2 is 2.23 bits per heavy atom. The van der Waals surface area contributed by atoms with Crippen LogP contribution in [-0.4, -0.2) is 34.2 Å². The van der Waals surface area contributed by atoms with E-state index in [1.165, 1.54) is 17.0 Å². The number of carbonyl (C=O) groups excluding carboxylic acids is 1. The zero-order valence-electron chi connectivity index (χ0n) is 15.2. The molecule has 7 nitrogen and oxygen atoms in total. The molecule has 0 fully saturated rings. The molecule has 1 aromatic heterocycles. The Morgan fingerprint density at radius 3 is 3.00 bits per heavy atom. The van der Waals surface area contributed by atoms with Gasteiger partial charge in [0.05, 0.1) is 6.33 Å². The molecule has 0 saturated heterocycles. The Morgan fingerprint density at radius 1 is 1.42 bits per heavy atom. The number of para-hydroxylation sites is 1. The van der Waals surface area contributed by atoms with E-state index in [1.54, 1.807) is 13.0 Å². The molecule has 138 valence electrons. The Balaban J connectivity index is 1.50. The smallest absolute Gasteiger partial charge is 0.258 e. The van der Waals surface area contributed by atoms with E-state index in [0.717, 1.165) is 12.0 Å². The van der Waals surface area contributed by atoms with Gasteiger partial charge in [-0.15, -0.1) is 0 Å². The van der Waals surface area contributed by atoms with Crippen LogP contribution in [-0.2, 0) is 17.8 Å². The summed E-state index contributed by atoms with van der Waals surface area (Å²) < 4.78 is 13.0. The van der Waals surface area contributed by atoms with Crippen LogP contribution in [0.2, 0.25) is 0 Å². The topological polar surface area (TPSA) is 82.5 Å². The van der Waals surface area contributed by atoms with E-state index in [1.807, 2.05) is 26.0 Å². The van der Waals surface area contributed by atoms with Crippen molar-refractivity contribution in [3.63, 3.8) is 0 Å². The highest BCUT2D eigenvalue weighted by Gasteiger charge is 2.32. The lowest BCUT2D eigenvalue weighted by atomic mass is 10.0. The van der Waals surface area contributed by atoms with Gasteiger partial charge in [-0.2, -0.15) is 0 Å². The van der Waals surface area contributed by atoms with Gasteiger partial charge >= 0.3 is 0 Å². The fourth-order valence-electron chi connectivity index (χ4n) is 2.90. The molecule has 1 amide bonds. The molecule has 1 aromatic carbocycles. The van der Waals surface area contributed by atoms with E-state index in [9.17, 15) is 9.59 Å². The maximum atomic E-state index is 12.0. The summed E-state index contributed by atoms with van der Waals surface area (Å²) in [5.41, 5.74) is 1.35. The van der Waals surface area contributed by atoms with E-state index in [0.29, 0.717) is 30.3 Å². The van der Waals surface area contributed by atoms with Gasteiger partial charge in [0.1, 0.15) is 5.60 Å². The monoisotopic (exact) mass is 357 g/mol. The summed E-state index contributed by atoms with van der Waals surface area (Å²) in [7, 11) is 0. The van der Waals surface area contributed by atoms with Gasteiger partial charge in [-0.25, -0.2) is 4.98 Å². The Hall–Kier alpha value is -2.83. The highest BCUT2D eigenvalue weighted by molar-refractivity contribution is 5.77. The van der Waals surface area contributed by atoms with Crippen LogP contribution in [0.15, 0.2) is 35.4 Å². The Bertz CT molecular complexity index is 873. The van der Waals surface area contributed by atoms with Gasteiger partial charge in [-0.1, -0.05) is 12.1 Å². The molecule has 1 N–H and O–H groups in total. The number of carbonyl (C=O) groups is 1. The normalized spacial score (nSPS) is 14.4. The summed E-state index contributed by atoms with van der Waals surface area (Å²) in [6.07, 6.45) is 2.29. The summed E-state index contributed by atoms with van der Waals surface area (Å²) >= 11 is 0. The number of nitrogens with one attached hydrogen (secondary N) is 1. The lowest BCUT2D eigenvalue weighted by Crippen LogP contribution is -2.33. The van der Waals surface area contributed by atoms with Crippen LogP contribution in [0.3, 0.4) is 0 Å². The summed E-state index contributed by atoms with van der Waals surface area (Å²) in [6, 6.07) is 7.16. The minimum atomic E-state index is -0.264. The lowest BCUT2D eigenvalue weighted by Gasteiger charge is -2.18. The van der Waals surface area contributed by atoms with Crippen LogP contribution in [0.4, 0.5) is 0 Å². The van der Waals surface area contributed by atoms with Gasteiger partial charge in [0.15, 0.2) is 18.1 Å². The van der Waals surface area contributed by atoms with Crippen molar-refractivity contribution in [2.75, 3.05) is 13.2 Å². The van der Waals surface area contributed by atoms with E-state index < -0.39 is 0 Å². The standard InChI is InChI=1S/C19H23N3O4/c1-13-9-17(24)22(12-21-13)8-7-20-16(23)11-25-15-6-4-5-14-10-19(2,3)26-18(14)15/h4-6,9,12H,7-8,10-11H2,1-3H3,(H,20,23). The molecular weight excluding hydrogens is 334 g/mol. The van der Waals surface area contributed by atoms with E-state index in [2.05, 4.69) is 10.3 Å². The number of rotatable bonds is 6. The van der Waals surface area contributed by atoms with Crippen LogP contribution in [0.25, 0.3) is 0 Å². The molecule has 7 heteroatoms. The van der Waals surface area contributed by atoms with Crippen LogP contribution in [0.1, 0.15) is 25.1 Å². The number of ether oxygens (including phenoxy) is 2. The Kier molecular flexibility index (Phi) is 4.97. The van der Waals surface area contributed by atoms with E-state index in [-0.39, 0.29) is 23.7 Å². The van der Waals surface area contributed by atoms with Crippen molar-refractivity contribution in [1.29, 1.82) is 0 Å². The molecular formula is C19H23N3O4. The van der Waals surface area contributed by atoms with Crippen LogP contribution in [0.5, 0.6) is 11.5 Å². The largest absolute Gasteiger partial charge is 0.483 e. The molecule has 0 bridgehead atoms. The van der Waals surface area contributed by atoms with Gasteiger partial charge in [-0.3, -0.25) is 14.2 Å². The lowest BCUT2D eigenvalue weighted by molar-refractivity contribution is -0.123. The average Bonchev–Trinajstić information content (AvgIpc) is 2.89. The second kappa shape index (κ2) is 7.19. The number of amides is 1. The minimum absolute atomic E-state index is 0.110. The number of aromatic nitrogens is 2. The summed E-state index contributed by atoms with van der Waals surface area (Å²) in [5.74, 6) is 1.03. The second-order valence-electron chi connectivity index (χ2n) is 6.98. The number of hydrogen-bond donors (Lipinski definition) is 1. The summed E-state index contributed by atoms with van der Waals surface area (Å²) in [4.78, 5) is 27.8. The van der Waals surface area contributed by atoms with Crippen LogP contribution >= 0.6 is 0 Å². The van der Waals surface area contributed by atoms with Crippen LogP contribution in [0, 0.1) is 6.92 Å². The van der Waals surface area contributed by atoms with E-state index >= 15 is 0 Å². The number of hydrogen-bond acceptors (Lipinski definition) is 5. The zero-order valence-corrected chi connectivity index (χ0v) is 15.2. The number of nitrogens with zero attached hydrogens (tertiary/aromatic N) is 2. The van der Waals surface area contributed by atoms with Crippen molar-refractivity contribution in [2.24, 2.45) is 0 Å². The maximum Gasteiger partial charge on any atom is 0.258 e. The van der Waals surface area contributed by atoms with Crippen molar-refractivity contribution in [3.8, 4) is 11.5 Å². The minimum Gasteiger partial charge on any atom is -0.483 e. The summed E-state index contributed by atoms with van der Waals surface area (Å²) in [5, 5.41) is 2.73. The average molecular weight is 357 g/mol. The van der Waals surface area contributed by atoms with Crippen molar-refractivity contribution in [3.05, 3.63) is 52.2 Å². The second-order valence-corrected chi connectivity index (χ2v) is 6.98. The molecule has 26 heavy (non-hydrogen) atoms. The van der Waals surface area contributed by atoms with Gasteiger partial charge < -0.3 is 14.8 Å². The van der Waals surface area contributed by atoms with Gasteiger partial charge in [0.2, 0.25) is 0 Å². The molecule has 1 aliphatic heterocycles. The van der Waals surface area contributed by atoms with Gasteiger partial charge in [-0.05, 0) is 26.8 Å². The molecule has 0 saturated carbocycles. The molecule has 1 aliphatic rings. The third kappa shape index (κ3) is 4.22. The highest BCUT2D eigenvalue weighted by Crippen LogP contribution is 2.41. The van der Waals surface area contributed by atoms with E-state index in [4.69, 9.17) is 9.47 Å². The molecule has 0 radical (unpaired) electrons. The molecule has 0 aliphatic carbocycles. The molecule has 2 heterocycles. The fraction of sp³-hybridized carbons (Fsp3) is 0.421. The summed E-state index contributed by atoms with van der Waals surface area (Å²) in [6.45, 7) is 6.37. The number of aryl methyl sites for hydroxylation is 1. The maximum absolute atomic E-state index is 12.0. The molecule has 3 rings (SSSR count). The predicted molar refractivity (Wildman–Crippen MR) is 96.6 cm³/mol. The van der Waals surface area contributed by atoms with Crippen molar-refractivity contribution >= 4 is 5.91 Å². The Labute approximate surface area is 152 Å². The van der Waals surface area contributed by atoms with Crippen molar-refractivity contribution < 1.29 is 14.3 Å². The first-order chi connectivity index (χ1) is 12.3. The predicted octanol–water partition coefficient (Wildman–Crippen LogP) is 1.46. The molecule has 0 spiro atoms. The first-order valence-electron chi connectivity index (χ1n) is 8.57. The number of benzene rings is 1. The third-order valence-corrected chi connectivity index (χ3v) is 4.10.